The van der Waals surface area contributed by atoms with Gasteiger partial charge in [0.25, 0.3) is 0 Å². The van der Waals surface area contributed by atoms with Crippen molar-refractivity contribution in [2.75, 3.05) is 12.8 Å². The molecule has 0 radical (unpaired) electrons. The Hall–Kier alpha value is 0.01000. The minimum Gasteiger partial charge on any atom is -0.330 e. The van der Waals surface area contributed by atoms with Gasteiger partial charge in [0.1, 0.15) is 0 Å². The van der Waals surface area contributed by atoms with E-state index in [0.717, 1.165) is 6.54 Å². The van der Waals surface area contributed by atoms with Gasteiger partial charge < -0.3 is 5.73 Å². The summed E-state index contributed by atoms with van der Waals surface area (Å²) in [4.78, 5) is 1.30. The van der Waals surface area contributed by atoms with Crippen LogP contribution < -0.4 is 5.73 Å². The molecule has 88 valence electrons. The topological polar surface area (TPSA) is 26.0 Å². The van der Waals surface area contributed by atoms with E-state index in [0.29, 0.717) is 0 Å². The summed E-state index contributed by atoms with van der Waals surface area (Å²) in [6, 6.07) is 6.73. The summed E-state index contributed by atoms with van der Waals surface area (Å²) in [7, 11) is 0. The van der Waals surface area contributed by atoms with E-state index in [9.17, 15) is 0 Å². The Morgan fingerprint density at radius 1 is 1.38 bits per heavy atom. The molecule has 0 heterocycles. The Balaban J connectivity index is 2.36. The van der Waals surface area contributed by atoms with Crippen molar-refractivity contribution < 1.29 is 0 Å². The molecule has 1 nitrogen and oxygen atoms in total. The predicted octanol–water partition coefficient (Wildman–Crippen LogP) is 3.94. The first-order chi connectivity index (χ1) is 7.72. The summed E-state index contributed by atoms with van der Waals surface area (Å²) in [6.07, 6.45) is 7.23. The van der Waals surface area contributed by atoms with Crippen molar-refractivity contribution in [2.45, 2.75) is 36.0 Å². The molecule has 1 aliphatic carbocycles. The van der Waals surface area contributed by atoms with E-state index < -0.39 is 0 Å². The molecular weight excluding hydrogens is 282 g/mol. The highest BCUT2D eigenvalue weighted by atomic mass is 79.9. The quantitative estimate of drug-likeness (QED) is 0.856. The highest BCUT2D eigenvalue weighted by Crippen LogP contribution is 2.42. The molecule has 0 atom stereocenters. The van der Waals surface area contributed by atoms with Crippen LogP contribution in [0.2, 0.25) is 0 Å². The maximum atomic E-state index is 6.00. The van der Waals surface area contributed by atoms with Crippen LogP contribution in [0, 0.1) is 0 Å². The van der Waals surface area contributed by atoms with Crippen molar-refractivity contribution in [3.8, 4) is 0 Å². The van der Waals surface area contributed by atoms with E-state index in [1.165, 1.54) is 40.6 Å². The van der Waals surface area contributed by atoms with Gasteiger partial charge in [0, 0.05) is 21.3 Å². The maximum absolute atomic E-state index is 6.00. The lowest BCUT2D eigenvalue weighted by Crippen LogP contribution is -2.31. The number of nitrogens with two attached hydrogens (primary N) is 1. The second-order valence-electron chi connectivity index (χ2n) is 4.54. The Morgan fingerprint density at radius 2 is 2.06 bits per heavy atom. The molecule has 0 aromatic heterocycles. The summed E-state index contributed by atoms with van der Waals surface area (Å²) >= 11 is 5.42. The lowest BCUT2D eigenvalue weighted by atomic mass is 9.79. The zero-order chi connectivity index (χ0) is 11.6. The number of hydrogen-bond acceptors (Lipinski definition) is 2. The van der Waals surface area contributed by atoms with Crippen LogP contribution >= 0.6 is 27.7 Å². The molecule has 1 aromatic rings. The molecule has 16 heavy (non-hydrogen) atoms. The Bertz CT molecular complexity index is 372. The molecule has 0 unspecified atom stereocenters. The van der Waals surface area contributed by atoms with Gasteiger partial charge in [-0.25, -0.2) is 0 Å². The van der Waals surface area contributed by atoms with Crippen LogP contribution in [0.5, 0.6) is 0 Å². The van der Waals surface area contributed by atoms with E-state index in [4.69, 9.17) is 5.73 Å². The van der Waals surface area contributed by atoms with Gasteiger partial charge in [-0.1, -0.05) is 18.9 Å². The van der Waals surface area contributed by atoms with Gasteiger partial charge in [-0.15, -0.1) is 11.8 Å². The van der Waals surface area contributed by atoms with E-state index >= 15 is 0 Å². The Morgan fingerprint density at radius 3 is 2.56 bits per heavy atom. The van der Waals surface area contributed by atoms with Gasteiger partial charge in [0.05, 0.1) is 0 Å². The van der Waals surface area contributed by atoms with Gasteiger partial charge in [-0.3, -0.25) is 0 Å². The summed E-state index contributed by atoms with van der Waals surface area (Å²) in [5, 5.41) is 0. The van der Waals surface area contributed by atoms with Crippen molar-refractivity contribution in [1.82, 2.24) is 0 Å². The largest absolute Gasteiger partial charge is 0.330 e. The first-order valence-corrected chi connectivity index (χ1v) is 7.78. The smallest absolute Gasteiger partial charge is 0.0314 e. The van der Waals surface area contributed by atoms with Crippen LogP contribution in [0.25, 0.3) is 0 Å². The predicted molar refractivity (Wildman–Crippen MR) is 75.1 cm³/mol. The van der Waals surface area contributed by atoms with Crippen LogP contribution in [-0.2, 0) is 5.41 Å². The SMILES string of the molecule is CSc1ccc(C2(CN)CCCC2)cc1Br. The maximum Gasteiger partial charge on any atom is 0.0314 e. The second-order valence-corrected chi connectivity index (χ2v) is 6.24. The molecule has 0 aliphatic heterocycles. The summed E-state index contributed by atoms with van der Waals surface area (Å²) < 4.78 is 1.21. The fraction of sp³-hybridized carbons (Fsp3) is 0.538. The third kappa shape index (κ3) is 2.18. The fourth-order valence-corrected chi connectivity index (χ4v) is 3.98. The minimum atomic E-state index is 0.249. The number of thioether (sulfide) groups is 1. The number of hydrogen-bond donors (Lipinski definition) is 1. The molecule has 1 saturated carbocycles. The Kier molecular flexibility index (Phi) is 3.98. The molecule has 0 amide bonds. The molecule has 3 heteroatoms. The van der Waals surface area contributed by atoms with Crippen LogP contribution in [0.15, 0.2) is 27.6 Å². The summed E-state index contributed by atoms with van der Waals surface area (Å²) in [6.45, 7) is 0.776. The lowest BCUT2D eigenvalue weighted by molar-refractivity contribution is 0.452. The van der Waals surface area contributed by atoms with Gasteiger partial charge in [0.15, 0.2) is 0 Å². The first kappa shape index (κ1) is 12.5. The normalized spacial score (nSPS) is 18.9. The molecule has 2 rings (SSSR count). The molecule has 2 N–H and O–H groups in total. The summed E-state index contributed by atoms with van der Waals surface area (Å²) in [5.41, 5.74) is 7.66. The first-order valence-electron chi connectivity index (χ1n) is 5.76. The number of rotatable bonds is 3. The second kappa shape index (κ2) is 5.11. The molecule has 1 fully saturated rings. The molecule has 0 saturated heterocycles. The van der Waals surface area contributed by atoms with Crippen LogP contribution in [-0.4, -0.2) is 12.8 Å². The molecule has 0 bridgehead atoms. The third-order valence-electron chi connectivity index (χ3n) is 3.72. The van der Waals surface area contributed by atoms with Gasteiger partial charge >= 0.3 is 0 Å². The fourth-order valence-electron chi connectivity index (χ4n) is 2.66. The van der Waals surface area contributed by atoms with Gasteiger partial charge in [-0.05, 0) is 52.7 Å². The zero-order valence-electron chi connectivity index (χ0n) is 9.63. The number of benzene rings is 1. The highest BCUT2D eigenvalue weighted by Gasteiger charge is 2.34. The van der Waals surface area contributed by atoms with Crippen molar-refractivity contribution in [3.63, 3.8) is 0 Å². The standard InChI is InChI=1S/C13H18BrNS/c1-16-12-5-4-10(8-11(12)14)13(9-15)6-2-3-7-13/h4-5,8H,2-3,6-7,9,15H2,1H3. The van der Waals surface area contributed by atoms with Crippen LogP contribution in [0.4, 0.5) is 0 Å². The van der Waals surface area contributed by atoms with E-state index in [-0.39, 0.29) is 5.41 Å². The van der Waals surface area contributed by atoms with Crippen LogP contribution in [0.3, 0.4) is 0 Å². The third-order valence-corrected chi connectivity index (χ3v) is 5.43. The molecule has 0 spiro atoms. The van der Waals surface area contributed by atoms with Crippen LogP contribution in [0.1, 0.15) is 31.2 Å². The van der Waals surface area contributed by atoms with Gasteiger partial charge in [0.2, 0.25) is 0 Å². The zero-order valence-corrected chi connectivity index (χ0v) is 12.0. The molecule has 1 aromatic carbocycles. The van der Waals surface area contributed by atoms with Crippen molar-refractivity contribution in [2.24, 2.45) is 5.73 Å². The monoisotopic (exact) mass is 299 g/mol. The van der Waals surface area contributed by atoms with E-state index in [2.05, 4.69) is 40.4 Å². The average molecular weight is 300 g/mol. The highest BCUT2D eigenvalue weighted by molar-refractivity contribution is 9.10. The van der Waals surface area contributed by atoms with E-state index in [1.54, 1.807) is 11.8 Å². The summed E-state index contributed by atoms with van der Waals surface area (Å²) in [5.74, 6) is 0. The van der Waals surface area contributed by atoms with E-state index in [1.807, 2.05) is 0 Å². The average Bonchev–Trinajstić information content (AvgIpc) is 2.78. The van der Waals surface area contributed by atoms with Crippen molar-refractivity contribution in [1.29, 1.82) is 0 Å². The Labute approximate surface area is 110 Å². The molecular formula is C13H18BrNS. The minimum absolute atomic E-state index is 0.249. The van der Waals surface area contributed by atoms with Crippen molar-refractivity contribution in [3.05, 3.63) is 28.2 Å². The van der Waals surface area contributed by atoms with Gasteiger partial charge in [-0.2, -0.15) is 0 Å². The molecule has 1 aliphatic rings. The lowest BCUT2D eigenvalue weighted by Gasteiger charge is -2.28. The van der Waals surface area contributed by atoms with Crippen molar-refractivity contribution >= 4 is 27.7 Å². The number of halogens is 1.